The Morgan fingerprint density at radius 2 is 1.61 bits per heavy atom. The zero-order chi connectivity index (χ0) is 25.7. The van der Waals surface area contributed by atoms with Crippen LogP contribution >= 0.6 is 11.3 Å². The third-order valence-electron chi connectivity index (χ3n) is 5.40. The summed E-state index contributed by atoms with van der Waals surface area (Å²) >= 11 is 1.03. The van der Waals surface area contributed by atoms with Crippen molar-refractivity contribution in [2.75, 3.05) is 23.3 Å². The largest absolute Gasteiger partial charge is 0.494 e. The highest BCUT2D eigenvalue weighted by Crippen LogP contribution is 2.29. The van der Waals surface area contributed by atoms with Crippen LogP contribution in [0.3, 0.4) is 0 Å². The van der Waals surface area contributed by atoms with E-state index in [0.29, 0.717) is 34.9 Å². The molecule has 4 aromatic rings. The van der Waals surface area contributed by atoms with E-state index in [2.05, 4.69) is 5.32 Å². The van der Waals surface area contributed by atoms with Crippen molar-refractivity contribution < 1.29 is 22.7 Å². The molecule has 36 heavy (non-hydrogen) atoms. The summed E-state index contributed by atoms with van der Waals surface area (Å²) in [6, 6.07) is 23.4. The predicted molar refractivity (Wildman–Crippen MR) is 142 cm³/mol. The molecule has 0 aliphatic heterocycles. The number of nitrogens with one attached hydrogen (secondary N) is 1. The summed E-state index contributed by atoms with van der Waals surface area (Å²) in [5.74, 6) is -0.119. The summed E-state index contributed by atoms with van der Waals surface area (Å²) < 4.78 is 33.3. The van der Waals surface area contributed by atoms with Gasteiger partial charge < -0.3 is 10.1 Å². The first-order chi connectivity index (χ1) is 17.3. The van der Waals surface area contributed by atoms with Gasteiger partial charge in [0.2, 0.25) is 0 Å². The summed E-state index contributed by atoms with van der Waals surface area (Å²) in [7, 11) is -2.58. The van der Waals surface area contributed by atoms with Crippen molar-refractivity contribution in [3.05, 3.63) is 106 Å². The first-order valence-electron chi connectivity index (χ1n) is 11.1. The fourth-order valence-electron chi connectivity index (χ4n) is 3.55. The quantitative estimate of drug-likeness (QED) is 0.296. The van der Waals surface area contributed by atoms with Crippen LogP contribution < -0.4 is 14.4 Å². The molecule has 0 fully saturated rings. The molecule has 1 heterocycles. The van der Waals surface area contributed by atoms with E-state index in [1.165, 1.54) is 13.1 Å². The first-order valence-corrected chi connectivity index (χ1v) is 13.4. The Balaban J connectivity index is 1.55. The maximum atomic E-state index is 13.4. The maximum Gasteiger partial charge on any atom is 0.267 e. The number of nitrogens with zero attached hydrogens (tertiary/aromatic N) is 1. The molecule has 1 N–H and O–H groups in total. The average molecular weight is 521 g/mol. The molecule has 0 atom stereocenters. The molecule has 0 saturated heterocycles. The smallest absolute Gasteiger partial charge is 0.267 e. The topological polar surface area (TPSA) is 92.8 Å². The Hall–Kier alpha value is -3.95. The molecule has 3 aromatic carbocycles. The van der Waals surface area contributed by atoms with Crippen LogP contribution in [0.2, 0.25) is 0 Å². The van der Waals surface area contributed by atoms with Crippen LogP contribution in [0.25, 0.3) is 0 Å². The molecule has 0 unspecified atom stereocenters. The van der Waals surface area contributed by atoms with Gasteiger partial charge in [0.15, 0.2) is 5.78 Å². The van der Waals surface area contributed by atoms with Gasteiger partial charge in [-0.1, -0.05) is 42.5 Å². The predicted octanol–water partition coefficient (Wildman–Crippen LogP) is 5.46. The lowest BCUT2D eigenvalue weighted by molar-refractivity contribution is 0.102. The standard InChI is InChI=1S/C27H24N2O5S2/c1-3-34-23-14-12-22(13-15-23)29(2)36(32,33)24-16-17-35-26(24)27(31)28-21-11-7-10-20(18-21)25(30)19-8-5-4-6-9-19/h4-18H,3H2,1-2H3,(H,28,31). The molecule has 1 aromatic heterocycles. The number of amides is 1. The number of anilines is 2. The summed E-state index contributed by atoms with van der Waals surface area (Å²) in [6.45, 7) is 2.37. The Morgan fingerprint density at radius 3 is 2.31 bits per heavy atom. The second-order valence-electron chi connectivity index (χ2n) is 7.74. The van der Waals surface area contributed by atoms with Gasteiger partial charge in [-0.15, -0.1) is 11.3 Å². The van der Waals surface area contributed by atoms with Crippen molar-refractivity contribution in [3.63, 3.8) is 0 Å². The van der Waals surface area contributed by atoms with E-state index in [1.807, 2.05) is 13.0 Å². The minimum Gasteiger partial charge on any atom is -0.494 e. The van der Waals surface area contributed by atoms with Crippen molar-refractivity contribution in [1.82, 2.24) is 0 Å². The zero-order valence-corrected chi connectivity index (χ0v) is 21.3. The van der Waals surface area contributed by atoms with Crippen molar-refractivity contribution in [1.29, 1.82) is 0 Å². The van der Waals surface area contributed by atoms with Crippen LogP contribution in [0.1, 0.15) is 32.5 Å². The number of hydrogen-bond donors (Lipinski definition) is 1. The van der Waals surface area contributed by atoms with Crippen LogP contribution in [0.15, 0.2) is 95.2 Å². The third-order valence-corrected chi connectivity index (χ3v) is 8.27. The summed E-state index contributed by atoms with van der Waals surface area (Å²) in [6.07, 6.45) is 0. The molecule has 184 valence electrons. The van der Waals surface area contributed by atoms with Gasteiger partial charge in [0.1, 0.15) is 15.5 Å². The van der Waals surface area contributed by atoms with Crippen LogP contribution in [0.5, 0.6) is 5.75 Å². The Bertz CT molecular complexity index is 1480. The van der Waals surface area contributed by atoms with Crippen LogP contribution in [0.4, 0.5) is 11.4 Å². The number of sulfonamides is 1. The van der Waals surface area contributed by atoms with Gasteiger partial charge >= 0.3 is 0 Å². The van der Waals surface area contributed by atoms with Crippen molar-refractivity contribution >= 4 is 44.4 Å². The lowest BCUT2D eigenvalue weighted by Gasteiger charge is -2.20. The van der Waals surface area contributed by atoms with Gasteiger partial charge in [-0.05, 0) is 54.8 Å². The zero-order valence-electron chi connectivity index (χ0n) is 19.7. The average Bonchev–Trinajstić information content (AvgIpc) is 3.40. The highest BCUT2D eigenvalue weighted by atomic mass is 32.2. The monoisotopic (exact) mass is 520 g/mol. The van der Waals surface area contributed by atoms with Crippen molar-refractivity contribution in [2.24, 2.45) is 0 Å². The van der Waals surface area contributed by atoms with E-state index in [4.69, 9.17) is 4.74 Å². The van der Waals surface area contributed by atoms with E-state index in [0.717, 1.165) is 15.6 Å². The molecular formula is C27H24N2O5S2. The fourth-order valence-corrected chi connectivity index (χ4v) is 6.04. The number of ether oxygens (including phenoxy) is 1. The lowest BCUT2D eigenvalue weighted by atomic mass is 10.0. The maximum absolute atomic E-state index is 13.4. The molecule has 9 heteroatoms. The highest BCUT2D eigenvalue weighted by Gasteiger charge is 2.28. The molecule has 0 aliphatic carbocycles. The van der Waals surface area contributed by atoms with E-state index >= 15 is 0 Å². The van der Waals surface area contributed by atoms with Gasteiger partial charge in [0, 0.05) is 23.9 Å². The summed E-state index contributed by atoms with van der Waals surface area (Å²) in [4.78, 5) is 25.8. The molecule has 0 aliphatic rings. The van der Waals surface area contributed by atoms with Crippen molar-refractivity contribution in [3.8, 4) is 5.75 Å². The number of ketones is 1. The van der Waals surface area contributed by atoms with Gasteiger partial charge in [0.05, 0.1) is 12.3 Å². The molecular weight excluding hydrogens is 496 g/mol. The first kappa shape index (κ1) is 25.2. The molecule has 0 bridgehead atoms. The highest BCUT2D eigenvalue weighted by molar-refractivity contribution is 7.93. The van der Waals surface area contributed by atoms with E-state index < -0.39 is 15.9 Å². The third kappa shape index (κ3) is 5.32. The lowest BCUT2D eigenvalue weighted by Crippen LogP contribution is -2.28. The fraction of sp³-hybridized carbons (Fsp3) is 0.111. The van der Waals surface area contributed by atoms with Gasteiger partial charge in [0.25, 0.3) is 15.9 Å². The van der Waals surface area contributed by atoms with Crippen LogP contribution in [-0.2, 0) is 10.0 Å². The van der Waals surface area contributed by atoms with Crippen LogP contribution in [-0.4, -0.2) is 33.8 Å². The Kier molecular flexibility index (Phi) is 7.52. The van der Waals surface area contributed by atoms with Gasteiger partial charge in [-0.3, -0.25) is 13.9 Å². The number of rotatable bonds is 9. The van der Waals surface area contributed by atoms with E-state index in [9.17, 15) is 18.0 Å². The number of carbonyl (C=O) groups is 2. The van der Waals surface area contributed by atoms with E-state index in [1.54, 1.807) is 78.2 Å². The molecule has 0 spiro atoms. The number of thiophene rings is 1. The second-order valence-corrected chi connectivity index (χ2v) is 10.6. The summed E-state index contributed by atoms with van der Waals surface area (Å²) in [5.41, 5.74) is 1.76. The van der Waals surface area contributed by atoms with Gasteiger partial charge in [-0.2, -0.15) is 0 Å². The molecule has 4 rings (SSSR count). The second kappa shape index (κ2) is 10.8. The molecule has 0 radical (unpaired) electrons. The number of hydrogen-bond acceptors (Lipinski definition) is 6. The number of benzene rings is 3. The SMILES string of the molecule is CCOc1ccc(N(C)S(=O)(=O)c2ccsc2C(=O)Nc2cccc(C(=O)c3ccccc3)c2)cc1. The number of carbonyl (C=O) groups excluding carboxylic acids is 2. The normalized spacial score (nSPS) is 11.1. The molecule has 0 saturated carbocycles. The Morgan fingerprint density at radius 1 is 0.917 bits per heavy atom. The summed E-state index contributed by atoms with van der Waals surface area (Å²) in [5, 5.41) is 4.28. The Labute approximate surface area is 214 Å². The molecule has 7 nitrogen and oxygen atoms in total. The molecule has 1 amide bonds. The van der Waals surface area contributed by atoms with Gasteiger partial charge in [-0.25, -0.2) is 8.42 Å². The van der Waals surface area contributed by atoms with E-state index in [-0.39, 0.29) is 15.6 Å². The minimum atomic E-state index is -4.01. The minimum absolute atomic E-state index is 0.0487. The van der Waals surface area contributed by atoms with Crippen LogP contribution in [0, 0.1) is 0 Å². The van der Waals surface area contributed by atoms with Crippen molar-refractivity contribution in [2.45, 2.75) is 11.8 Å².